The molecule has 1 aliphatic carbocycles. The van der Waals surface area contributed by atoms with Gasteiger partial charge >= 0.3 is 0 Å². The van der Waals surface area contributed by atoms with Gasteiger partial charge in [-0.25, -0.2) is 4.99 Å². The molecular formula is C22H32N4O2. The van der Waals surface area contributed by atoms with Crippen LogP contribution in [0.25, 0.3) is 0 Å². The lowest BCUT2D eigenvalue weighted by Crippen LogP contribution is -2.38. The number of terminal acetylenes is 1. The molecule has 1 aromatic carbocycles. The van der Waals surface area contributed by atoms with E-state index < -0.39 is 0 Å². The van der Waals surface area contributed by atoms with Crippen molar-refractivity contribution in [3.63, 3.8) is 0 Å². The molecule has 1 amide bonds. The minimum absolute atomic E-state index is 0.0359. The summed E-state index contributed by atoms with van der Waals surface area (Å²) in [5, 5.41) is 9.21. The van der Waals surface area contributed by atoms with E-state index in [1.165, 1.54) is 32.1 Å². The normalized spacial score (nSPS) is 14.9. The number of anilines is 1. The summed E-state index contributed by atoms with van der Waals surface area (Å²) < 4.78 is 5.93. The van der Waals surface area contributed by atoms with Gasteiger partial charge in [0.25, 0.3) is 0 Å². The highest BCUT2D eigenvalue weighted by molar-refractivity contribution is 5.94. The first-order valence-electron chi connectivity index (χ1n) is 10.2. The quantitative estimate of drug-likeness (QED) is 0.265. The van der Waals surface area contributed by atoms with Gasteiger partial charge in [-0.3, -0.25) is 4.79 Å². The number of carbonyl (C=O) groups excluding carboxylic acids is 1. The highest BCUT2D eigenvalue weighted by atomic mass is 16.5. The van der Waals surface area contributed by atoms with Crippen LogP contribution >= 0.6 is 0 Å². The maximum atomic E-state index is 12.1. The average molecular weight is 385 g/mol. The molecule has 6 heteroatoms. The van der Waals surface area contributed by atoms with Gasteiger partial charge in [-0.2, -0.15) is 0 Å². The minimum Gasteiger partial charge on any atom is -0.378 e. The van der Waals surface area contributed by atoms with E-state index in [2.05, 4.69) is 26.9 Å². The van der Waals surface area contributed by atoms with Gasteiger partial charge < -0.3 is 20.7 Å². The van der Waals surface area contributed by atoms with E-state index in [-0.39, 0.29) is 12.5 Å². The summed E-state index contributed by atoms with van der Waals surface area (Å²) in [6.07, 6.45) is 13.0. The zero-order chi connectivity index (χ0) is 20.0. The fraction of sp³-hybridized carbons (Fsp3) is 0.545. The van der Waals surface area contributed by atoms with Gasteiger partial charge in [0.1, 0.15) is 6.54 Å². The molecular weight excluding hydrogens is 352 g/mol. The van der Waals surface area contributed by atoms with E-state index in [0.29, 0.717) is 17.8 Å². The van der Waals surface area contributed by atoms with Crippen molar-refractivity contribution in [2.75, 3.05) is 31.6 Å². The molecule has 1 aromatic rings. The number of benzene rings is 1. The molecule has 152 valence electrons. The number of amides is 1. The summed E-state index contributed by atoms with van der Waals surface area (Å²) in [5.74, 6) is 3.00. The summed E-state index contributed by atoms with van der Waals surface area (Å²) in [4.78, 5) is 16.5. The first kappa shape index (κ1) is 21.8. The van der Waals surface area contributed by atoms with Gasteiger partial charge in [0.2, 0.25) is 5.91 Å². The number of ether oxygens (including phenoxy) is 1. The molecule has 0 unspecified atom stereocenters. The molecule has 1 saturated carbocycles. The highest BCUT2D eigenvalue weighted by Crippen LogP contribution is 2.20. The van der Waals surface area contributed by atoms with Crippen LogP contribution in [0.5, 0.6) is 0 Å². The van der Waals surface area contributed by atoms with Crippen LogP contribution < -0.4 is 16.0 Å². The Morgan fingerprint density at radius 2 is 2.11 bits per heavy atom. The third-order valence-corrected chi connectivity index (χ3v) is 4.56. The Morgan fingerprint density at radius 1 is 1.29 bits per heavy atom. The van der Waals surface area contributed by atoms with Crippen molar-refractivity contribution in [2.45, 2.75) is 51.6 Å². The molecule has 2 rings (SSSR count). The smallest absolute Gasteiger partial charge is 0.246 e. The largest absolute Gasteiger partial charge is 0.378 e. The van der Waals surface area contributed by atoms with Crippen molar-refractivity contribution >= 4 is 17.6 Å². The fourth-order valence-electron chi connectivity index (χ4n) is 3.14. The Hall–Kier alpha value is -2.52. The second-order valence-electron chi connectivity index (χ2n) is 6.88. The SMILES string of the molecule is C#Cc1cccc(NC(=O)CN=C(NCC)NCCCOC2CCCCC2)c1. The van der Waals surface area contributed by atoms with Crippen LogP contribution in [0.3, 0.4) is 0 Å². The van der Waals surface area contributed by atoms with Crippen molar-refractivity contribution in [3.05, 3.63) is 29.8 Å². The van der Waals surface area contributed by atoms with Crippen LogP contribution in [0.1, 0.15) is 51.0 Å². The van der Waals surface area contributed by atoms with Crippen molar-refractivity contribution in [3.8, 4) is 12.3 Å². The number of nitrogens with zero attached hydrogens (tertiary/aromatic N) is 1. The monoisotopic (exact) mass is 384 g/mol. The maximum absolute atomic E-state index is 12.1. The lowest BCUT2D eigenvalue weighted by molar-refractivity contribution is -0.114. The molecule has 0 aliphatic heterocycles. The zero-order valence-corrected chi connectivity index (χ0v) is 16.8. The third kappa shape index (κ3) is 8.45. The minimum atomic E-state index is -0.188. The number of guanidine groups is 1. The van der Waals surface area contributed by atoms with E-state index in [0.717, 1.165) is 31.7 Å². The molecule has 0 aromatic heterocycles. The van der Waals surface area contributed by atoms with Gasteiger partial charge in [-0.05, 0) is 44.4 Å². The van der Waals surface area contributed by atoms with Crippen LogP contribution in [0.15, 0.2) is 29.3 Å². The lowest BCUT2D eigenvalue weighted by atomic mass is 9.98. The zero-order valence-electron chi connectivity index (χ0n) is 16.8. The van der Waals surface area contributed by atoms with Gasteiger partial charge in [0.15, 0.2) is 5.96 Å². The number of aliphatic imine (C=N–C) groups is 1. The number of hydrogen-bond acceptors (Lipinski definition) is 3. The molecule has 0 spiro atoms. The summed E-state index contributed by atoms with van der Waals surface area (Å²) >= 11 is 0. The number of hydrogen-bond donors (Lipinski definition) is 3. The Morgan fingerprint density at radius 3 is 2.86 bits per heavy atom. The lowest BCUT2D eigenvalue weighted by Gasteiger charge is -2.22. The number of rotatable bonds is 9. The second-order valence-corrected chi connectivity index (χ2v) is 6.88. The standard InChI is InChI=1S/C22H32N4O2/c1-3-18-10-8-11-19(16-18)26-21(27)17-25-22(23-4-2)24-14-9-15-28-20-12-6-5-7-13-20/h1,8,10-11,16,20H,4-7,9,12-15,17H2,2H3,(H,26,27)(H2,23,24,25). The van der Waals surface area contributed by atoms with Crippen LogP contribution in [0.4, 0.5) is 5.69 Å². The Labute approximate surface area is 168 Å². The predicted molar refractivity (Wildman–Crippen MR) is 114 cm³/mol. The molecule has 3 N–H and O–H groups in total. The summed E-state index contributed by atoms with van der Waals surface area (Å²) in [6.45, 7) is 4.27. The van der Waals surface area contributed by atoms with E-state index in [1.807, 2.05) is 19.1 Å². The third-order valence-electron chi connectivity index (χ3n) is 4.56. The van der Waals surface area contributed by atoms with E-state index in [9.17, 15) is 4.79 Å². The molecule has 0 atom stereocenters. The van der Waals surface area contributed by atoms with Crippen LogP contribution in [0, 0.1) is 12.3 Å². The number of carbonyl (C=O) groups is 1. The maximum Gasteiger partial charge on any atom is 0.246 e. The van der Waals surface area contributed by atoms with E-state index >= 15 is 0 Å². The Bertz CT molecular complexity index is 675. The van der Waals surface area contributed by atoms with Crippen LogP contribution in [0.2, 0.25) is 0 Å². The summed E-state index contributed by atoms with van der Waals surface area (Å²) in [6, 6.07) is 7.20. The fourth-order valence-corrected chi connectivity index (χ4v) is 3.14. The molecule has 1 aliphatic rings. The molecule has 6 nitrogen and oxygen atoms in total. The van der Waals surface area contributed by atoms with Gasteiger partial charge in [-0.1, -0.05) is 31.2 Å². The summed E-state index contributed by atoms with van der Waals surface area (Å²) in [5.41, 5.74) is 1.40. The van der Waals surface area contributed by atoms with Crippen molar-refractivity contribution in [2.24, 2.45) is 4.99 Å². The van der Waals surface area contributed by atoms with Gasteiger partial charge in [0, 0.05) is 30.9 Å². The first-order chi connectivity index (χ1) is 13.7. The van der Waals surface area contributed by atoms with Gasteiger partial charge in [0.05, 0.1) is 6.10 Å². The summed E-state index contributed by atoms with van der Waals surface area (Å²) in [7, 11) is 0. The van der Waals surface area contributed by atoms with Crippen molar-refractivity contribution in [1.29, 1.82) is 0 Å². The molecule has 0 radical (unpaired) electrons. The molecule has 0 saturated heterocycles. The Kier molecular flexibility index (Phi) is 9.95. The average Bonchev–Trinajstić information content (AvgIpc) is 2.72. The number of nitrogens with one attached hydrogen (secondary N) is 3. The first-order valence-corrected chi connectivity index (χ1v) is 10.2. The van der Waals surface area contributed by atoms with Crippen LogP contribution in [-0.4, -0.2) is 44.2 Å². The van der Waals surface area contributed by atoms with Crippen molar-refractivity contribution in [1.82, 2.24) is 10.6 Å². The van der Waals surface area contributed by atoms with E-state index in [1.54, 1.807) is 12.1 Å². The topological polar surface area (TPSA) is 74.8 Å². The predicted octanol–water partition coefficient (Wildman–Crippen LogP) is 2.90. The molecule has 1 fully saturated rings. The van der Waals surface area contributed by atoms with Gasteiger partial charge in [-0.15, -0.1) is 6.42 Å². The molecule has 0 bridgehead atoms. The molecule has 0 heterocycles. The highest BCUT2D eigenvalue weighted by Gasteiger charge is 2.13. The van der Waals surface area contributed by atoms with Crippen LogP contribution in [-0.2, 0) is 9.53 Å². The molecule has 28 heavy (non-hydrogen) atoms. The second kappa shape index (κ2) is 12.8. The van der Waals surface area contributed by atoms with E-state index in [4.69, 9.17) is 11.2 Å². The Balaban J connectivity index is 1.69. The van der Waals surface area contributed by atoms with Crippen molar-refractivity contribution < 1.29 is 9.53 Å².